The quantitative estimate of drug-likeness (QED) is 0.897. The minimum absolute atomic E-state index is 0.999. The number of ether oxygens (including phenoxy) is 1. The van der Waals surface area contributed by atoms with Crippen LogP contribution >= 0.6 is 0 Å². The summed E-state index contributed by atoms with van der Waals surface area (Å²) in [4.78, 5) is 6.13. The average molecular weight is 258 g/mol. The van der Waals surface area contributed by atoms with Crippen molar-refractivity contribution in [2.45, 2.75) is 26.2 Å². The van der Waals surface area contributed by atoms with E-state index >= 15 is 0 Å². The van der Waals surface area contributed by atoms with Crippen molar-refractivity contribution in [3.05, 3.63) is 29.5 Å². The zero-order chi connectivity index (χ0) is 13.2. The molecule has 0 amide bonds. The second-order valence-electron chi connectivity index (χ2n) is 5.25. The molecule has 1 aromatic heterocycles. The molecule has 2 aromatic rings. The molecule has 0 unspecified atom stereocenters. The molecule has 0 saturated heterocycles. The standard InChI is InChI=1S/C16H22N2O/c1-3-18-10-5-7-13-12(9-11-18)16-14(17-13)6-4-8-15(16)19-2/h4,6,8,17H,3,5,7,9-11H2,1-2H3. The summed E-state index contributed by atoms with van der Waals surface area (Å²) in [6.07, 6.45) is 3.49. The summed E-state index contributed by atoms with van der Waals surface area (Å²) in [7, 11) is 1.76. The van der Waals surface area contributed by atoms with Gasteiger partial charge in [-0.3, -0.25) is 0 Å². The van der Waals surface area contributed by atoms with E-state index in [1.165, 1.54) is 35.1 Å². The Balaban J connectivity index is 2.07. The molecule has 2 heterocycles. The number of aromatic nitrogens is 1. The van der Waals surface area contributed by atoms with Gasteiger partial charge in [0.15, 0.2) is 0 Å². The minimum atomic E-state index is 0.999. The molecule has 1 aliphatic heterocycles. The van der Waals surface area contributed by atoms with Crippen LogP contribution in [-0.4, -0.2) is 36.6 Å². The van der Waals surface area contributed by atoms with Crippen LogP contribution in [0.3, 0.4) is 0 Å². The highest BCUT2D eigenvalue weighted by molar-refractivity contribution is 5.90. The first-order chi connectivity index (χ1) is 9.33. The van der Waals surface area contributed by atoms with Crippen LogP contribution in [-0.2, 0) is 12.8 Å². The molecule has 1 aliphatic rings. The smallest absolute Gasteiger partial charge is 0.128 e. The lowest BCUT2D eigenvalue weighted by Crippen LogP contribution is -2.29. The highest BCUT2D eigenvalue weighted by Crippen LogP contribution is 2.32. The number of rotatable bonds is 2. The Labute approximate surface area is 114 Å². The maximum atomic E-state index is 5.54. The summed E-state index contributed by atoms with van der Waals surface area (Å²) in [6, 6.07) is 6.27. The van der Waals surface area contributed by atoms with Gasteiger partial charge in [0.05, 0.1) is 7.11 Å². The number of aromatic amines is 1. The topological polar surface area (TPSA) is 28.3 Å². The van der Waals surface area contributed by atoms with Crippen LogP contribution in [0.4, 0.5) is 0 Å². The second kappa shape index (κ2) is 5.25. The van der Waals surface area contributed by atoms with Crippen molar-refractivity contribution in [1.82, 2.24) is 9.88 Å². The van der Waals surface area contributed by atoms with E-state index in [0.29, 0.717) is 0 Å². The van der Waals surface area contributed by atoms with Crippen LogP contribution in [0.15, 0.2) is 18.2 Å². The third kappa shape index (κ3) is 2.23. The molecule has 1 aromatic carbocycles. The molecule has 0 spiro atoms. The minimum Gasteiger partial charge on any atom is -0.496 e. The molecule has 3 heteroatoms. The van der Waals surface area contributed by atoms with E-state index in [2.05, 4.69) is 35.0 Å². The van der Waals surface area contributed by atoms with Gasteiger partial charge in [-0.05, 0) is 50.0 Å². The Hall–Kier alpha value is -1.48. The monoisotopic (exact) mass is 258 g/mol. The molecule has 3 nitrogen and oxygen atoms in total. The van der Waals surface area contributed by atoms with Crippen molar-refractivity contribution in [2.75, 3.05) is 26.7 Å². The normalized spacial score (nSPS) is 16.9. The molecule has 3 rings (SSSR count). The SMILES string of the molecule is CCN1CCCc2[nH]c3cccc(OC)c3c2CC1. The highest BCUT2D eigenvalue weighted by atomic mass is 16.5. The molecule has 0 atom stereocenters. The molecular formula is C16H22N2O. The van der Waals surface area contributed by atoms with Crippen molar-refractivity contribution in [1.29, 1.82) is 0 Å². The van der Waals surface area contributed by atoms with E-state index in [9.17, 15) is 0 Å². The number of nitrogens with zero attached hydrogens (tertiary/aromatic N) is 1. The Morgan fingerprint density at radius 2 is 2.16 bits per heavy atom. The Bertz CT molecular complexity index is 573. The van der Waals surface area contributed by atoms with E-state index in [0.717, 1.165) is 31.7 Å². The number of hydrogen-bond acceptors (Lipinski definition) is 2. The first kappa shape index (κ1) is 12.5. The van der Waals surface area contributed by atoms with Crippen LogP contribution in [0.25, 0.3) is 10.9 Å². The third-order valence-corrected chi connectivity index (χ3v) is 4.22. The van der Waals surface area contributed by atoms with Crippen molar-refractivity contribution in [3.8, 4) is 5.75 Å². The lowest BCUT2D eigenvalue weighted by Gasteiger charge is -2.23. The van der Waals surface area contributed by atoms with Crippen LogP contribution in [0.1, 0.15) is 24.6 Å². The molecule has 0 fully saturated rings. The summed E-state index contributed by atoms with van der Waals surface area (Å²) >= 11 is 0. The maximum Gasteiger partial charge on any atom is 0.128 e. The Morgan fingerprint density at radius 3 is 2.95 bits per heavy atom. The predicted molar refractivity (Wildman–Crippen MR) is 79.0 cm³/mol. The number of benzene rings is 1. The first-order valence-electron chi connectivity index (χ1n) is 7.22. The van der Waals surface area contributed by atoms with Gasteiger partial charge in [-0.15, -0.1) is 0 Å². The molecule has 102 valence electrons. The fourth-order valence-electron chi connectivity index (χ4n) is 3.17. The number of fused-ring (bicyclic) bond motifs is 3. The number of H-pyrrole nitrogens is 1. The van der Waals surface area contributed by atoms with Crippen molar-refractivity contribution < 1.29 is 4.74 Å². The summed E-state index contributed by atoms with van der Waals surface area (Å²) in [5, 5.41) is 1.29. The van der Waals surface area contributed by atoms with Crippen molar-refractivity contribution in [3.63, 3.8) is 0 Å². The van der Waals surface area contributed by atoms with Crippen LogP contribution in [0.5, 0.6) is 5.75 Å². The molecule has 0 bridgehead atoms. The van der Waals surface area contributed by atoms with Gasteiger partial charge in [-0.2, -0.15) is 0 Å². The van der Waals surface area contributed by atoms with Crippen LogP contribution in [0, 0.1) is 0 Å². The van der Waals surface area contributed by atoms with Gasteiger partial charge < -0.3 is 14.6 Å². The summed E-state index contributed by atoms with van der Waals surface area (Å²) in [6.45, 7) is 5.75. The van der Waals surface area contributed by atoms with Crippen LogP contribution < -0.4 is 4.74 Å². The fraction of sp³-hybridized carbons (Fsp3) is 0.500. The van der Waals surface area contributed by atoms with E-state index in [-0.39, 0.29) is 0 Å². The maximum absolute atomic E-state index is 5.54. The third-order valence-electron chi connectivity index (χ3n) is 4.22. The Morgan fingerprint density at radius 1 is 1.26 bits per heavy atom. The first-order valence-corrected chi connectivity index (χ1v) is 7.22. The number of nitrogens with one attached hydrogen (secondary N) is 1. The number of methoxy groups -OCH3 is 1. The zero-order valence-corrected chi connectivity index (χ0v) is 11.8. The van der Waals surface area contributed by atoms with Gasteiger partial charge in [-0.1, -0.05) is 13.0 Å². The van der Waals surface area contributed by atoms with Crippen LogP contribution in [0.2, 0.25) is 0 Å². The molecular weight excluding hydrogens is 236 g/mol. The summed E-state index contributed by atoms with van der Waals surface area (Å²) in [5.41, 5.74) is 4.09. The van der Waals surface area contributed by atoms with E-state index in [1.54, 1.807) is 7.11 Å². The summed E-state index contributed by atoms with van der Waals surface area (Å²) in [5.74, 6) is 0.999. The van der Waals surface area contributed by atoms with Crippen molar-refractivity contribution in [2.24, 2.45) is 0 Å². The second-order valence-corrected chi connectivity index (χ2v) is 5.25. The summed E-state index contributed by atoms with van der Waals surface area (Å²) < 4.78 is 5.54. The average Bonchev–Trinajstić information content (AvgIpc) is 2.76. The van der Waals surface area contributed by atoms with Gasteiger partial charge in [0.2, 0.25) is 0 Å². The number of hydrogen-bond donors (Lipinski definition) is 1. The molecule has 0 saturated carbocycles. The number of aryl methyl sites for hydroxylation is 1. The lowest BCUT2D eigenvalue weighted by atomic mass is 10.0. The Kier molecular flexibility index (Phi) is 3.47. The van der Waals surface area contributed by atoms with E-state index < -0.39 is 0 Å². The van der Waals surface area contributed by atoms with Gasteiger partial charge in [0.1, 0.15) is 5.75 Å². The molecule has 1 N–H and O–H groups in total. The lowest BCUT2D eigenvalue weighted by molar-refractivity contribution is 0.283. The van der Waals surface area contributed by atoms with Gasteiger partial charge in [0.25, 0.3) is 0 Å². The van der Waals surface area contributed by atoms with Gasteiger partial charge >= 0.3 is 0 Å². The van der Waals surface area contributed by atoms with Gasteiger partial charge in [-0.25, -0.2) is 0 Å². The zero-order valence-electron chi connectivity index (χ0n) is 11.8. The van der Waals surface area contributed by atoms with E-state index in [4.69, 9.17) is 4.74 Å². The van der Waals surface area contributed by atoms with Crippen molar-refractivity contribution >= 4 is 10.9 Å². The number of likely N-dealkylation sites (N-methyl/N-ethyl adjacent to an activating group) is 1. The molecule has 0 radical (unpaired) electrons. The van der Waals surface area contributed by atoms with E-state index in [1.807, 2.05) is 0 Å². The van der Waals surface area contributed by atoms with Gasteiger partial charge in [0, 0.05) is 23.1 Å². The largest absolute Gasteiger partial charge is 0.496 e. The predicted octanol–water partition coefficient (Wildman–Crippen LogP) is 2.99. The fourth-order valence-corrected chi connectivity index (χ4v) is 3.17. The highest BCUT2D eigenvalue weighted by Gasteiger charge is 2.18. The molecule has 19 heavy (non-hydrogen) atoms. The molecule has 0 aliphatic carbocycles.